The van der Waals surface area contributed by atoms with Crippen molar-refractivity contribution in [2.24, 2.45) is 5.92 Å². The van der Waals surface area contributed by atoms with Crippen LogP contribution in [0.3, 0.4) is 0 Å². The molecular formula is C40H42Cl2Zr-2. The van der Waals surface area contributed by atoms with Gasteiger partial charge in [-0.1, -0.05) is 102 Å². The van der Waals surface area contributed by atoms with Gasteiger partial charge in [0.2, 0.25) is 0 Å². The first-order chi connectivity index (χ1) is 20.1. The van der Waals surface area contributed by atoms with E-state index in [-0.39, 0.29) is 24.8 Å². The maximum atomic E-state index is 3.65. The van der Waals surface area contributed by atoms with Crippen LogP contribution in [0.5, 0.6) is 0 Å². The zero-order valence-corrected chi connectivity index (χ0v) is 29.6. The molecule has 1 unspecified atom stereocenters. The Balaban J connectivity index is 0.000000220. The molecule has 43 heavy (non-hydrogen) atoms. The summed E-state index contributed by atoms with van der Waals surface area (Å²) in [7, 11) is 0. The van der Waals surface area contributed by atoms with Crippen LogP contribution in [0.1, 0.15) is 70.4 Å². The van der Waals surface area contributed by atoms with Crippen molar-refractivity contribution in [2.45, 2.75) is 59.3 Å². The largest absolute Gasteiger partial charge is 0.126 e. The third-order valence-corrected chi connectivity index (χ3v) is 8.84. The van der Waals surface area contributed by atoms with E-state index in [0.29, 0.717) is 5.92 Å². The van der Waals surface area contributed by atoms with Crippen molar-refractivity contribution in [3.8, 4) is 0 Å². The van der Waals surface area contributed by atoms with E-state index in [9.17, 15) is 0 Å². The van der Waals surface area contributed by atoms with Crippen LogP contribution < -0.4 is 24.8 Å². The summed E-state index contributed by atoms with van der Waals surface area (Å²) in [6.45, 7) is 6.77. The summed E-state index contributed by atoms with van der Waals surface area (Å²) in [4.78, 5) is 0. The van der Waals surface area contributed by atoms with E-state index in [1.807, 2.05) is 0 Å². The summed E-state index contributed by atoms with van der Waals surface area (Å²) in [6, 6.07) is 40.4. The first-order valence-corrected chi connectivity index (χ1v) is 16.4. The van der Waals surface area contributed by atoms with Gasteiger partial charge < -0.3 is 24.8 Å². The normalized spacial score (nSPS) is 13.4. The molecule has 6 rings (SSSR count). The molecule has 0 saturated heterocycles. The second kappa shape index (κ2) is 19.8. The molecular weight excluding hydrogens is 643 g/mol. The predicted molar refractivity (Wildman–Crippen MR) is 176 cm³/mol. The predicted octanol–water partition coefficient (Wildman–Crippen LogP) is 5.19. The maximum Gasteiger partial charge on any atom is -0.0771 e. The molecule has 0 saturated carbocycles. The third kappa shape index (κ3) is 10.6. The molecule has 5 aromatic carbocycles. The zero-order chi connectivity index (χ0) is 28.9. The summed E-state index contributed by atoms with van der Waals surface area (Å²) >= 11 is 1.46. The summed E-state index contributed by atoms with van der Waals surface area (Å²) in [5.74, 6) is 0.628. The van der Waals surface area contributed by atoms with Gasteiger partial charge in [-0.2, -0.15) is 11.6 Å². The van der Waals surface area contributed by atoms with Gasteiger partial charge in [-0.25, -0.2) is 5.57 Å². The molecule has 0 aliphatic heterocycles. The van der Waals surface area contributed by atoms with E-state index >= 15 is 0 Å². The van der Waals surface area contributed by atoms with E-state index in [1.165, 1.54) is 104 Å². The number of fused-ring (bicyclic) bond motifs is 3. The Morgan fingerprint density at radius 1 is 0.628 bits per heavy atom. The number of allylic oxidation sites excluding steroid dienone is 4. The fourth-order valence-electron chi connectivity index (χ4n) is 5.43. The third-order valence-electron chi connectivity index (χ3n) is 7.42. The minimum absolute atomic E-state index is 0. The Morgan fingerprint density at radius 3 is 1.56 bits per heavy atom. The number of hydrogen-bond donors (Lipinski definition) is 0. The number of halogens is 2. The van der Waals surface area contributed by atoms with Gasteiger partial charge in [0, 0.05) is 0 Å². The van der Waals surface area contributed by atoms with E-state index in [0.717, 1.165) is 0 Å². The van der Waals surface area contributed by atoms with Crippen molar-refractivity contribution in [3.05, 3.63) is 150 Å². The van der Waals surface area contributed by atoms with Gasteiger partial charge in [-0.3, -0.25) is 6.08 Å². The smallest absolute Gasteiger partial charge is 0.0771 e. The summed E-state index contributed by atoms with van der Waals surface area (Å²) in [5.41, 5.74) is 5.77. The number of rotatable bonds is 8. The Kier molecular flexibility index (Phi) is 16.9. The van der Waals surface area contributed by atoms with Gasteiger partial charge >= 0.3 is 99.2 Å². The zero-order valence-electron chi connectivity index (χ0n) is 25.6. The number of hydrogen-bond acceptors (Lipinski definition) is 0. The molecule has 3 heteroatoms. The van der Waals surface area contributed by atoms with Crippen LogP contribution in [0, 0.1) is 12.0 Å². The Bertz CT molecular complexity index is 1460. The maximum absolute atomic E-state index is 3.65. The fraction of sp³-hybridized carbons (Fsp3) is 0.250. The van der Waals surface area contributed by atoms with Gasteiger partial charge in [-0.15, -0.1) is 39.7 Å². The topological polar surface area (TPSA) is 0 Å². The molecule has 0 N–H and O–H groups in total. The van der Waals surface area contributed by atoms with E-state index in [4.69, 9.17) is 0 Å². The molecule has 0 amide bonds. The van der Waals surface area contributed by atoms with Crippen molar-refractivity contribution in [1.29, 1.82) is 0 Å². The molecule has 0 spiro atoms. The summed E-state index contributed by atoms with van der Waals surface area (Å²) in [6.07, 6.45) is 13.7. The molecule has 222 valence electrons. The average molecular weight is 685 g/mol. The van der Waals surface area contributed by atoms with E-state index < -0.39 is 0 Å². The monoisotopic (exact) mass is 682 g/mol. The second-order valence-corrected chi connectivity index (χ2v) is 11.9. The molecule has 1 aliphatic rings. The molecule has 1 aliphatic carbocycles. The van der Waals surface area contributed by atoms with Crippen LogP contribution in [0.25, 0.3) is 21.5 Å². The second-order valence-electron chi connectivity index (χ2n) is 10.6. The van der Waals surface area contributed by atoms with Gasteiger partial charge in [0.15, 0.2) is 0 Å². The van der Waals surface area contributed by atoms with Gasteiger partial charge in [-0.05, 0) is 0 Å². The molecule has 1 atom stereocenters. The number of benzene rings is 4. The van der Waals surface area contributed by atoms with Crippen LogP contribution in [0.4, 0.5) is 0 Å². The average Bonchev–Trinajstić information content (AvgIpc) is 3.59. The fourth-order valence-corrected chi connectivity index (χ4v) is 6.25. The molecule has 0 fully saturated rings. The molecule has 5 aromatic rings. The van der Waals surface area contributed by atoms with Crippen LogP contribution >= 0.6 is 0 Å². The van der Waals surface area contributed by atoms with Crippen LogP contribution in [-0.2, 0) is 24.2 Å². The van der Waals surface area contributed by atoms with E-state index in [1.54, 1.807) is 5.57 Å². The minimum atomic E-state index is 0. The van der Waals surface area contributed by atoms with Gasteiger partial charge in [0.1, 0.15) is 0 Å². The van der Waals surface area contributed by atoms with Crippen LogP contribution in [0.2, 0.25) is 0 Å². The molecule has 0 radical (unpaired) electrons. The summed E-state index contributed by atoms with van der Waals surface area (Å²) < 4.78 is 1.42. The quantitative estimate of drug-likeness (QED) is 0.198. The Hall–Kier alpha value is -2.44. The van der Waals surface area contributed by atoms with Crippen LogP contribution in [0.15, 0.2) is 132 Å². The molecule has 0 bridgehead atoms. The summed E-state index contributed by atoms with van der Waals surface area (Å²) in [5, 5.41) is 5.39. The molecule has 0 heterocycles. The van der Waals surface area contributed by atoms with Crippen molar-refractivity contribution < 1.29 is 49.0 Å². The van der Waals surface area contributed by atoms with Crippen molar-refractivity contribution in [2.75, 3.05) is 0 Å². The molecule has 0 aromatic heterocycles. The molecule has 0 nitrogen and oxygen atoms in total. The van der Waals surface area contributed by atoms with Gasteiger partial charge in [0.25, 0.3) is 0 Å². The van der Waals surface area contributed by atoms with Crippen molar-refractivity contribution >= 4 is 24.8 Å². The standard InChI is InChI=1S/C14H23.C13H9.C13H10.2ClH.Zr/c1-4-7-12-10-13(8-5-2)14(11-12)9-6-3;1-3-7-12-10(5-1)9-11-6-2-4-8-13(11)12;1-3-7-12(8-4-1)11-13-9-5-2-6-10-13;;;/h10,12H,4-9H2,1-3H3;1-9H;1-10H;2*1H;/q2*-1;;;;+2/p-2. The van der Waals surface area contributed by atoms with E-state index in [2.05, 4.69) is 148 Å². The van der Waals surface area contributed by atoms with Crippen LogP contribution in [-0.4, -0.2) is 3.21 Å². The van der Waals surface area contributed by atoms with Crippen molar-refractivity contribution in [3.63, 3.8) is 0 Å². The Morgan fingerprint density at radius 2 is 1.09 bits per heavy atom. The van der Waals surface area contributed by atoms with Crippen molar-refractivity contribution in [1.82, 2.24) is 0 Å². The first-order valence-electron chi connectivity index (χ1n) is 15.2. The Labute approximate surface area is 286 Å². The SMILES string of the molecule is CCCC1=[C-]C(CCC)C=C1CCC.[Cl-].[Cl-].[Zr+2]=[C](c1ccccc1)c1ccccc1.c1ccc2c(c1)[cH-]c1ccccc12. The van der Waals surface area contributed by atoms with Gasteiger partial charge in [0.05, 0.1) is 0 Å². The first kappa shape index (κ1) is 36.8. The minimum Gasteiger partial charge on any atom is -0.126 e.